The number of anilines is 1. The number of primary amides is 1. The maximum Gasteiger partial charge on any atom is 0.350 e. The van der Waals surface area contributed by atoms with E-state index >= 15 is 0 Å². The number of aromatic nitrogens is 1. The highest BCUT2D eigenvalue weighted by Gasteiger charge is 2.29. The Balaban J connectivity index is 1.99. The molecular weight excluding hydrogens is 386 g/mol. The molecule has 0 unspecified atom stereocenters. The third-order valence-corrected chi connectivity index (χ3v) is 5.57. The second kappa shape index (κ2) is 9.49. The molecule has 1 aliphatic heterocycles. The van der Waals surface area contributed by atoms with Gasteiger partial charge in [0.05, 0.1) is 12.8 Å². The number of piperazine rings is 1. The summed E-state index contributed by atoms with van der Waals surface area (Å²) in [5, 5.41) is 3.30. The molecule has 0 saturated carbocycles. The van der Waals surface area contributed by atoms with Gasteiger partial charge < -0.3 is 25.6 Å². The molecular formula is C17H25N5O5S. The lowest BCUT2D eigenvalue weighted by Crippen LogP contribution is -2.55. The lowest BCUT2D eigenvalue weighted by Gasteiger charge is -2.36. The fourth-order valence-electron chi connectivity index (χ4n) is 2.93. The summed E-state index contributed by atoms with van der Waals surface area (Å²) in [6.07, 6.45) is 0.188. The van der Waals surface area contributed by atoms with Crippen LogP contribution in [-0.4, -0.2) is 72.9 Å². The summed E-state index contributed by atoms with van der Waals surface area (Å²) in [6, 6.07) is -0.774. The van der Waals surface area contributed by atoms with Crippen LogP contribution in [0.25, 0.3) is 0 Å². The molecule has 11 heteroatoms. The van der Waals surface area contributed by atoms with E-state index in [1.807, 2.05) is 4.90 Å². The molecule has 0 spiro atoms. The number of esters is 1. The molecule has 1 aliphatic rings. The maximum absolute atomic E-state index is 12.7. The lowest BCUT2D eigenvalue weighted by molar-refractivity contribution is -0.136. The Hall–Kier alpha value is -2.69. The molecule has 3 amide bonds. The van der Waals surface area contributed by atoms with Crippen LogP contribution in [0.2, 0.25) is 0 Å². The van der Waals surface area contributed by atoms with Gasteiger partial charge in [-0.25, -0.2) is 9.78 Å². The van der Waals surface area contributed by atoms with Crippen molar-refractivity contribution in [2.45, 2.75) is 32.7 Å². The molecule has 2 rings (SSSR count). The highest BCUT2D eigenvalue weighted by molar-refractivity contribution is 7.17. The van der Waals surface area contributed by atoms with E-state index in [1.165, 1.54) is 25.4 Å². The zero-order chi connectivity index (χ0) is 20.8. The van der Waals surface area contributed by atoms with Crippen LogP contribution >= 0.6 is 11.3 Å². The topological polar surface area (TPSA) is 135 Å². The molecule has 1 fully saturated rings. The van der Waals surface area contributed by atoms with E-state index in [1.54, 1.807) is 11.8 Å². The van der Waals surface area contributed by atoms with Crippen molar-refractivity contribution >= 4 is 40.2 Å². The number of carbonyl (C=O) groups excluding carboxylic acids is 4. The van der Waals surface area contributed by atoms with Crippen LogP contribution in [0.5, 0.6) is 0 Å². The van der Waals surface area contributed by atoms with Crippen molar-refractivity contribution in [3.8, 4) is 0 Å². The smallest absolute Gasteiger partial charge is 0.350 e. The summed E-state index contributed by atoms with van der Waals surface area (Å²) in [6.45, 7) is 5.05. The van der Waals surface area contributed by atoms with Gasteiger partial charge in [-0.1, -0.05) is 11.3 Å². The summed E-state index contributed by atoms with van der Waals surface area (Å²) in [5.41, 5.74) is 5.77. The van der Waals surface area contributed by atoms with Gasteiger partial charge >= 0.3 is 5.97 Å². The summed E-state index contributed by atoms with van der Waals surface area (Å²) in [7, 11) is 1.33. The first-order valence-electron chi connectivity index (χ1n) is 8.87. The highest BCUT2D eigenvalue weighted by Crippen LogP contribution is 2.27. The van der Waals surface area contributed by atoms with E-state index in [2.05, 4.69) is 10.3 Å². The normalized spacial score (nSPS) is 15.1. The van der Waals surface area contributed by atoms with Gasteiger partial charge in [-0.05, 0) is 13.3 Å². The Morgan fingerprint density at radius 2 is 1.89 bits per heavy atom. The Labute approximate surface area is 167 Å². The van der Waals surface area contributed by atoms with Crippen LogP contribution in [0.4, 0.5) is 5.13 Å². The van der Waals surface area contributed by atoms with E-state index in [0.29, 0.717) is 41.9 Å². The van der Waals surface area contributed by atoms with Gasteiger partial charge in [0.15, 0.2) is 5.13 Å². The number of aryl methyl sites for hydroxylation is 1. The molecule has 0 radical (unpaired) electrons. The number of amides is 3. The van der Waals surface area contributed by atoms with E-state index in [9.17, 15) is 19.2 Å². The number of ether oxygens (including phenoxy) is 1. The average molecular weight is 411 g/mol. The van der Waals surface area contributed by atoms with Crippen LogP contribution in [0.15, 0.2) is 0 Å². The zero-order valence-electron chi connectivity index (χ0n) is 16.2. The van der Waals surface area contributed by atoms with Gasteiger partial charge in [0, 0.05) is 39.5 Å². The largest absolute Gasteiger partial charge is 0.465 e. The summed E-state index contributed by atoms with van der Waals surface area (Å²) in [4.78, 5) is 55.5. The number of carbonyl (C=O) groups is 4. The summed E-state index contributed by atoms with van der Waals surface area (Å²) < 4.78 is 4.76. The van der Waals surface area contributed by atoms with E-state index in [4.69, 9.17) is 10.5 Å². The van der Waals surface area contributed by atoms with Crippen molar-refractivity contribution in [1.82, 2.24) is 15.2 Å². The highest BCUT2D eigenvalue weighted by atomic mass is 32.1. The number of thiazole rings is 1. The molecule has 1 saturated heterocycles. The number of hydrogen-bond donors (Lipinski definition) is 2. The van der Waals surface area contributed by atoms with Crippen molar-refractivity contribution < 1.29 is 23.9 Å². The van der Waals surface area contributed by atoms with Crippen LogP contribution in [0.1, 0.15) is 35.1 Å². The molecule has 3 N–H and O–H groups in total. The van der Waals surface area contributed by atoms with Crippen molar-refractivity contribution in [2.24, 2.45) is 5.73 Å². The van der Waals surface area contributed by atoms with E-state index < -0.39 is 17.9 Å². The number of nitrogens with zero attached hydrogens (tertiary/aromatic N) is 3. The standard InChI is InChI=1S/C17H25N5O5S/c1-10-14(16(26)27-3)28-17(19-10)22-8-6-21(7-9-22)15(25)12(20-11(2)23)4-5-13(18)24/h12H,4-9H2,1-3H3,(H2,18,24)(H,20,23)/t12-/m0/s1. The predicted molar refractivity (Wildman–Crippen MR) is 103 cm³/mol. The molecule has 10 nitrogen and oxygen atoms in total. The van der Waals surface area contributed by atoms with Gasteiger partial charge in [0.25, 0.3) is 0 Å². The molecule has 0 aliphatic carbocycles. The van der Waals surface area contributed by atoms with Gasteiger partial charge in [0.1, 0.15) is 10.9 Å². The van der Waals surface area contributed by atoms with Crippen LogP contribution in [-0.2, 0) is 19.1 Å². The molecule has 0 aromatic carbocycles. The Kier molecular flexibility index (Phi) is 7.32. The SMILES string of the molecule is COC(=O)c1sc(N2CCN(C(=O)[C@H](CCC(N)=O)NC(C)=O)CC2)nc1C. The first kappa shape index (κ1) is 21.6. The number of nitrogens with two attached hydrogens (primary N) is 1. The zero-order valence-corrected chi connectivity index (χ0v) is 17.0. The van der Waals surface area contributed by atoms with Gasteiger partial charge in [0.2, 0.25) is 17.7 Å². The molecule has 28 heavy (non-hydrogen) atoms. The maximum atomic E-state index is 12.7. The Bertz CT molecular complexity index is 757. The van der Waals surface area contributed by atoms with E-state index in [0.717, 1.165) is 0 Å². The fourth-order valence-corrected chi connectivity index (χ4v) is 3.96. The average Bonchev–Trinajstić information content (AvgIpc) is 3.05. The number of rotatable bonds is 7. The van der Waals surface area contributed by atoms with Gasteiger partial charge in [-0.3, -0.25) is 14.4 Å². The van der Waals surface area contributed by atoms with E-state index in [-0.39, 0.29) is 24.7 Å². The summed E-state index contributed by atoms with van der Waals surface area (Å²) >= 11 is 1.26. The molecule has 0 bridgehead atoms. The second-order valence-corrected chi connectivity index (χ2v) is 7.45. The Morgan fingerprint density at radius 3 is 2.43 bits per heavy atom. The van der Waals surface area contributed by atoms with Crippen molar-refractivity contribution in [3.63, 3.8) is 0 Å². The number of nitrogens with one attached hydrogen (secondary N) is 1. The quantitative estimate of drug-likeness (QED) is 0.586. The minimum atomic E-state index is -0.774. The van der Waals surface area contributed by atoms with Crippen LogP contribution < -0.4 is 16.0 Å². The Morgan fingerprint density at radius 1 is 1.25 bits per heavy atom. The monoisotopic (exact) mass is 411 g/mol. The lowest BCUT2D eigenvalue weighted by atomic mass is 10.1. The minimum Gasteiger partial charge on any atom is -0.465 e. The minimum absolute atomic E-state index is 0.0192. The number of methoxy groups -OCH3 is 1. The number of hydrogen-bond acceptors (Lipinski definition) is 8. The summed E-state index contributed by atoms with van der Waals surface area (Å²) in [5.74, 6) is -1.51. The molecule has 2 heterocycles. The van der Waals surface area contributed by atoms with Crippen molar-refractivity contribution in [1.29, 1.82) is 0 Å². The van der Waals surface area contributed by atoms with Crippen molar-refractivity contribution in [2.75, 3.05) is 38.2 Å². The predicted octanol–water partition coefficient (Wildman–Crippen LogP) is -0.343. The fraction of sp³-hybridized carbons (Fsp3) is 0.588. The molecule has 1 aromatic heterocycles. The molecule has 1 atom stereocenters. The van der Waals surface area contributed by atoms with Gasteiger partial charge in [-0.15, -0.1) is 0 Å². The first-order valence-corrected chi connectivity index (χ1v) is 9.69. The third-order valence-electron chi connectivity index (χ3n) is 4.37. The van der Waals surface area contributed by atoms with Crippen molar-refractivity contribution in [3.05, 3.63) is 10.6 Å². The van der Waals surface area contributed by atoms with Crippen LogP contribution in [0.3, 0.4) is 0 Å². The first-order chi connectivity index (χ1) is 13.2. The van der Waals surface area contributed by atoms with Crippen LogP contribution in [0, 0.1) is 6.92 Å². The van der Waals surface area contributed by atoms with Gasteiger partial charge in [-0.2, -0.15) is 0 Å². The second-order valence-electron chi connectivity index (χ2n) is 6.47. The molecule has 1 aromatic rings. The third kappa shape index (κ3) is 5.41. The molecule has 154 valence electrons.